The summed E-state index contributed by atoms with van der Waals surface area (Å²) in [5, 5.41) is 0. The van der Waals surface area contributed by atoms with Gasteiger partial charge in [-0.3, -0.25) is 14.5 Å². The topological polar surface area (TPSA) is 53.1 Å². The number of halogens is 1. The van der Waals surface area contributed by atoms with Crippen molar-refractivity contribution in [1.82, 2.24) is 14.7 Å². The lowest BCUT2D eigenvalue weighted by atomic mass is 9.87. The molecule has 0 saturated carbocycles. The maximum absolute atomic E-state index is 14.2. The third kappa shape index (κ3) is 6.39. The molecule has 0 aliphatic carbocycles. The summed E-state index contributed by atoms with van der Waals surface area (Å²) in [6.45, 7) is 14.0. The molecule has 1 fully saturated rings. The van der Waals surface area contributed by atoms with Crippen LogP contribution >= 0.6 is 0 Å². The predicted octanol–water partition coefficient (Wildman–Crippen LogP) is 4.44. The van der Waals surface area contributed by atoms with E-state index in [9.17, 15) is 14.0 Å². The van der Waals surface area contributed by atoms with Crippen LogP contribution in [-0.4, -0.2) is 71.9 Å². The number of ether oxygens (including phenoxy) is 1. The van der Waals surface area contributed by atoms with Gasteiger partial charge in [0, 0.05) is 45.7 Å². The largest absolute Gasteiger partial charge is 0.481 e. The normalized spacial score (nSPS) is 18.9. The Morgan fingerprint density at radius 3 is 2.51 bits per heavy atom. The van der Waals surface area contributed by atoms with Gasteiger partial charge >= 0.3 is 0 Å². The van der Waals surface area contributed by atoms with Crippen molar-refractivity contribution in [3.05, 3.63) is 77.6 Å². The highest BCUT2D eigenvalue weighted by Crippen LogP contribution is 2.38. The fraction of sp³-hybridized carbons (Fsp3) is 0.467. The highest BCUT2D eigenvalue weighted by molar-refractivity contribution is 5.81. The molecule has 1 saturated heterocycles. The summed E-state index contributed by atoms with van der Waals surface area (Å²) in [4.78, 5) is 32.3. The molecule has 0 bridgehead atoms. The lowest BCUT2D eigenvalue weighted by Crippen LogP contribution is -2.51. The second-order valence-electron chi connectivity index (χ2n) is 10.4. The van der Waals surface area contributed by atoms with Crippen LogP contribution in [0.4, 0.5) is 4.39 Å². The first-order chi connectivity index (χ1) is 17.8. The average Bonchev–Trinajstić information content (AvgIpc) is 2.87. The molecule has 2 heterocycles. The van der Waals surface area contributed by atoms with Gasteiger partial charge in [0.1, 0.15) is 11.6 Å². The summed E-state index contributed by atoms with van der Waals surface area (Å²) in [6.07, 6.45) is 2.39. The minimum absolute atomic E-state index is 0.0357. The fourth-order valence-corrected chi connectivity index (χ4v) is 5.28. The second kappa shape index (κ2) is 11.9. The Morgan fingerprint density at radius 1 is 1.08 bits per heavy atom. The summed E-state index contributed by atoms with van der Waals surface area (Å²) in [6, 6.07) is 11.9. The molecule has 37 heavy (non-hydrogen) atoms. The van der Waals surface area contributed by atoms with Crippen molar-refractivity contribution >= 4 is 11.8 Å². The predicted molar refractivity (Wildman–Crippen MR) is 143 cm³/mol. The first kappa shape index (κ1) is 26.9. The standard InChI is InChI=1S/C30H38FN3O3/c1-5-12-32-14-16-33(17-15-32)30(36)22(4)37-26-10-9-23-11-13-34(28(35)18-21(2)3)29(27(23)20-26)24-7-6-8-25(31)19-24/h5-10,19-22,29H,1,11-18H2,2-4H3. The first-order valence-electron chi connectivity index (χ1n) is 13.2. The second-order valence-corrected chi connectivity index (χ2v) is 10.4. The van der Waals surface area contributed by atoms with Gasteiger partial charge in [-0.15, -0.1) is 6.58 Å². The van der Waals surface area contributed by atoms with E-state index in [2.05, 4.69) is 11.5 Å². The van der Waals surface area contributed by atoms with E-state index in [4.69, 9.17) is 4.74 Å². The highest BCUT2D eigenvalue weighted by Gasteiger charge is 2.33. The number of carbonyl (C=O) groups excluding carboxylic acids is 2. The van der Waals surface area contributed by atoms with Gasteiger partial charge in [0.2, 0.25) is 5.91 Å². The van der Waals surface area contributed by atoms with Crippen molar-refractivity contribution in [3.8, 4) is 5.75 Å². The van der Waals surface area contributed by atoms with Crippen LogP contribution in [0.3, 0.4) is 0 Å². The summed E-state index contributed by atoms with van der Waals surface area (Å²) < 4.78 is 20.4. The van der Waals surface area contributed by atoms with Gasteiger partial charge in [0.25, 0.3) is 5.91 Å². The van der Waals surface area contributed by atoms with Crippen molar-refractivity contribution in [2.45, 2.75) is 45.8 Å². The van der Waals surface area contributed by atoms with E-state index in [0.29, 0.717) is 38.2 Å². The molecule has 2 atom stereocenters. The molecule has 2 unspecified atom stereocenters. The maximum Gasteiger partial charge on any atom is 0.263 e. The number of hydrogen-bond donors (Lipinski definition) is 0. The number of hydrogen-bond acceptors (Lipinski definition) is 4. The van der Waals surface area contributed by atoms with Crippen LogP contribution < -0.4 is 4.74 Å². The lowest BCUT2D eigenvalue weighted by Gasteiger charge is -2.38. The molecular weight excluding hydrogens is 469 g/mol. The molecule has 4 rings (SSSR count). The molecular formula is C30H38FN3O3. The van der Waals surface area contributed by atoms with Crippen molar-refractivity contribution in [3.63, 3.8) is 0 Å². The van der Waals surface area contributed by atoms with E-state index in [1.807, 2.05) is 54.0 Å². The van der Waals surface area contributed by atoms with E-state index >= 15 is 0 Å². The van der Waals surface area contributed by atoms with Gasteiger partial charge in [-0.2, -0.15) is 0 Å². The molecule has 0 N–H and O–H groups in total. The number of nitrogens with zero attached hydrogens (tertiary/aromatic N) is 3. The fourth-order valence-electron chi connectivity index (χ4n) is 5.28. The minimum Gasteiger partial charge on any atom is -0.481 e. The maximum atomic E-state index is 14.2. The molecule has 0 spiro atoms. The number of rotatable bonds is 8. The van der Waals surface area contributed by atoms with E-state index in [1.54, 1.807) is 13.0 Å². The summed E-state index contributed by atoms with van der Waals surface area (Å²) in [5.74, 6) is 0.485. The van der Waals surface area contributed by atoms with Gasteiger partial charge in [0.15, 0.2) is 6.10 Å². The van der Waals surface area contributed by atoms with Crippen LogP contribution in [0.2, 0.25) is 0 Å². The third-order valence-electron chi connectivity index (χ3n) is 7.15. The number of amides is 2. The van der Waals surface area contributed by atoms with Gasteiger partial charge in [-0.05, 0) is 60.2 Å². The van der Waals surface area contributed by atoms with Crippen LogP contribution in [0.25, 0.3) is 0 Å². The Hall–Kier alpha value is -3.19. The summed E-state index contributed by atoms with van der Waals surface area (Å²) in [7, 11) is 0. The van der Waals surface area contributed by atoms with Crippen LogP contribution in [0.1, 0.15) is 49.9 Å². The Balaban J connectivity index is 1.56. The van der Waals surface area contributed by atoms with Gasteiger partial charge < -0.3 is 14.5 Å². The van der Waals surface area contributed by atoms with Crippen molar-refractivity contribution in [2.75, 3.05) is 39.3 Å². The lowest BCUT2D eigenvalue weighted by molar-refractivity contribution is -0.139. The van der Waals surface area contributed by atoms with Crippen LogP contribution in [0, 0.1) is 11.7 Å². The molecule has 2 aromatic carbocycles. The molecule has 6 nitrogen and oxygen atoms in total. The third-order valence-corrected chi connectivity index (χ3v) is 7.15. The summed E-state index contributed by atoms with van der Waals surface area (Å²) in [5.41, 5.74) is 2.76. The van der Waals surface area contributed by atoms with Crippen LogP contribution in [-0.2, 0) is 16.0 Å². The van der Waals surface area contributed by atoms with Crippen molar-refractivity contribution in [1.29, 1.82) is 0 Å². The number of benzene rings is 2. The molecule has 2 amide bonds. The van der Waals surface area contributed by atoms with Crippen molar-refractivity contribution in [2.24, 2.45) is 5.92 Å². The molecule has 198 valence electrons. The van der Waals surface area contributed by atoms with Gasteiger partial charge in [0.05, 0.1) is 6.04 Å². The van der Waals surface area contributed by atoms with Gasteiger partial charge in [-0.25, -0.2) is 4.39 Å². The van der Waals surface area contributed by atoms with Crippen molar-refractivity contribution < 1.29 is 18.7 Å². The smallest absolute Gasteiger partial charge is 0.263 e. The van der Waals surface area contributed by atoms with Crippen LogP contribution in [0.5, 0.6) is 5.75 Å². The van der Waals surface area contributed by atoms with E-state index in [-0.39, 0.29) is 23.5 Å². The highest BCUT2D eigenvalue weighted by atomic mass is 19.1. The molecule has 2 aromatic rings. The zero-order valence-electron chi connectivity index (χ0n) is 22.2. The molecule has 0 radical (unpaired) electrons. The average molecular weight is 508 g/mol. The minimum atomic E-state index is -0.640. The van der Waals surface area contributed by atoms with E-state index in [1.165, 1.54) is 12.1 Å². The van der Waals surface area contributed by atoms with Crippen LogP contribution in [0.15, 0.2) is 55.1 Å². The van der Waals surface area contributed by atoms with E-state index in [0.717, 1.165) is 36.3 Å². The Morgan fingerprint density at radius 2 is 1.84 bits per heavy atom. The quantitative estimate of drug-likeness (QED) is 0.496. The molecule has 2 aliphatic heterocycles. The first-order valence-corrected chi connectivity index (χ1v) is 13.2. The number of fused-ring (bicyclic) bond motifs is 1. The number of carbonyl (C=O) groups is 2. The molecule has 0 aromatic heterocycles. The van der Waals surface area contributed by atoms with E-state index < -0.39 is 12.1 Å². The summed E-state index contributed by atoms with van der Waals surface area (Å²) >= 11 is 0. The number of piperazine rings is 1. The Bertz CT molecular complexity index is 1130. The zero-order chi connectivity index (χ0) is 26.5. The molecule has 2 aliphatic rings. The monoisotopic (exact) mass is 507 g/mol. The SMILES string of the molecule is C=CCN1CCN(C(=O)C(C)Oc2ccc3c(c2)C(c2cccc(F)c2)N(C(=O)CC(C)C)CC3)CC1. The Labute approximate surface area is 219 Å². The van der Waals surface area contributed by atoms with Gasteiger partial charge in [-0.1, -0.05) is 38.1 Å². The molecule has 7 heteroatoms. The zero-order valence-corrected chi connectivity index (χ0v) is 22.2. The Kier molecular flexibility index (Phi) is 8.64.